The summed E-state index contributed by atoms with van der Waals surface area (Å²) in [5.74, 6) is -0.192. The second-order valence-corrected chi connectivity index (χ2v) is 5.14. The molecule has 0 radical (unpaired) electrons. The third kappa shape index (κ3) is 7.48. The SMILES string of the molecule is O=[N+]([O-])c1ccccc1OCCCCS(=O)(=O)O.[NaH]. The normalized spacial score (nSPS) is 10.6. The first kappa shape index (κ1) is 18.3. The van der Waals surface area contributed by atoms with Gasteiger partial charge < -0.3 is 4.74 Å². The number of para-hydroxylation sites is 2. The Morgan fingerprint density at radius 3 is 2.47 bits per heavy atom. The van der Waals surface area contributed by atoms with Crippen LogP contribution in [0, 0.1) is 10.1 Å². The van der Waals surface area contributed by atoms with Gasteiger partial charge in [0.1, 0.15) is 0 Å². The average Bonchev–Trinajstić information content (AvgIpc) is 2.27. The summed E-state index contributed by atoms with van der Waals surface area (Å²) in [4.78, 5) is 10.1. The minimum absolute atomic E-state index is 0. The molecule has 0 fully saturated rings. The van der Waals surface area contributed by atoms with Crippen molar-refractivity contribution in [3.63, 3.8) is 0 Å². The predicted molar refractivity (Wildman–Crippen MR) is 71.4 cm³/mol. The fraction of sp³-hybridized carbons (Fsp3) is 0.400. The molecule has 1 rings (SSSR count). The molecule has 7 nitrogen and oxygen atoms in total. The molecule has 0 heterocycles. The van der Waals surface area contributed by atoms with Crippen LogP contribution in [0.15, 0.2) is 24.3 Å². The third-order valence-corrected chi connectivity index (χ3v) is 2.92. The van der Waals surface area contributed by atoms with Gasteiger partial charge in [0.15, 0.2) is 5.75 Å². The maximum absolute atomic E-state index is 10.7. The topological polar surface area (TPSA) is 107 Å². The van der Waals surface area contributed by atoms with Gasteiger partial charge in [-0.3, -0.25) is 14.7 Å². The van der Waals surface area contributed by atoms with Gasteiger partial charge in [0, 0.05) is 6.07 Å². The number of rotatable bonds is 7. The zero-order valence-electron chi connectivity index (χ0n) is 9.48. The summed E-state index contributed by atoms with van der Waals surface area (Å²) >= 11 is 0. The molecule has 0 atom stereocenters. The Hall–Kier alpha value is -0.670. The summed E-state index contributed by atoms with van der Waals surface area (Å²) in [6.07, 6.45) is 0.616. The molecule has 9 heteroatoms. The van der Waals surface area contributed by atoms with E-state index in [1.165, 1.54) is 18.2 Å². The Morgan fingerprint density at radius 2 is 1.89 bits per heavy atom. The van der Waals surface area contributed by atoms with E-state index >= 15 is 0 Å². The molecule has 102 valence electrons. The molecule has 1 aromatic rings. The van der Waals surface area contributed by atoms with Crippen molar-refractivity contribution in [3.05, 3.63) is 34.4 Å². The van der Waals surface area contributed by atoms with Gasteiger partial charge in [-0.15, -0.1) is 0 Å². The molecule has 0 bridgehead atoms. The van der Waals surface area contributed by atoms with E-state index in [4.69, 9.17) is 9.29 Å². The number of nitrogens with zero attached hydrogens (tertiary/aromatic N) is 1. The van der Waals surface area contributed by atoms with Gasteiger partial charge in [-0.1, -0.05) is 12.1 Å². The molecule has 0 amide bonds. The van der Waals surface area contributed by atoms with E-state index in [1.54, 1.807) is 6.07 Å². The first-order chi connectivity index (χ1) is 8.40. The Labute approximate surface area is 133 Å². The zero-order valence-corrected chi connectivity index (χ0v) is 10.3. The third-order valence-electron chi connectivity index (χ3n) is 2.12. The number of unbranched alkanes of at least 4 members (excludes halogenated alkanes) is 1. The monoisotopic (exact) mass is 299 g/mol. The Bertz CT molecular complexity index is 519. The van der Waals surface area contributed by atoms with E-state index in [2.05, 4.69) is 0 Å². The van der Waals surface area contributed by atoms with E-state index in [9.17, 15) is 18.5 Å². The predicted octanol–water partition coefficient (Wildman–Crippen LogP) is 0.993. The number of benzene rings is 1. The number of nitro benzene ring substituents is 1. The molecule has 1 N–H and O–H groups in total. The van der Waals surface area contributed by atoms with Crippen molar-refractivity contribution in [2.45, 2.75) is 12.8 Å². The van der Waals surface area contributed by atoms with Gasteiger partial charge in [-0.2, -0.15) is 8.42 Å². The van der Waals surface area contributed by atoms with Gasteiger partial charge in [0.05, 0.1) is 17.3 Å². The summed E-state index contributed by atoms with van der Waals surface area (Å²) in [7, 11) is -3.95. The van der Waals surface area contributed by atoms with Crippen LogP contribution in [0.25, 0.3) is 0 Å². The quantitative estimate of drug-likeness (QED) is 0.264. The average molecular weight is 299 g/mol. The summed E-state index contributed by atoms with van der Waals surface area (Å²) in [6.45, 7) is 0.153. The van der Waals surface area contributed by atoms with Crippen molar-refractivity contribution in [1.29, 1.82) is 0 Å². The van der Waals surface area contributed by atoms with E-state index in [0.29, 0.717) is 6.42 Å². The van der Waals surface area contributed by atoms with Crippen LogP contribution >= 0.6 is 0 Å². The molecule has 0 spiro atoms. The van der Waals surface area contributed by atoms with E-state index in [0.717, 1.165) is 0 Å². The fourth-order valence-electron chi connectivity index (χ4n) is 1.30. The van der Waals surface area contributed by atoms with Crippen molar-refractivity contribution >= 4 is 45.4 Å². The number of ether oxygens (including phenoxy) is 1. The summed E-state index contributed by atoms with van der Waals surface area (Å²) in [5, 5.41) is 10.7. The van der Waals surface area contributed by atoms with E-state index in [-0.39, 0.29) is 59.8 Å². The molecule has 0 aliphatic rings. The van der Waals surface area contributed by atoms with Crippen LogP contribution in [0.4, 0.5) is 5.69 Å². The standard InChI is InChI=1S/C10H13NO6S.Na.H/c12-11(13)9-5-1-2-6-10(9)17-7-3-4-8-18(14,15)16;;/h1-2,5-6H,3-4,7-8H2,(H,14,15,16);;. The molecular weight excluding hydrogens is 285 g/mol. The first-order valence-electron chi connectivity index (χ1n) is 5.21. The molecule has 0 aromatic heterocycles. The first-order valence-corrected chi connectivity index (χ1v) is 6.82. The summed E-state index contributed by atoms with van der Waals surface area (Å²) in [6, 6.07) is 5.94. The molecule has 0 aliphatic heterocycles. The van der Waals surface area contributed by atoms with Crippen molar-refractivity contribution < 1.29 is 22.6 Å². The van der Waals surface area contributed by atoms with Gasteiger partial charge in [-0.05, 0) is 18.9 Å². The van der Waals surface area contributed by atoms with Gasteiger partial charge in [0.25, 0.3) is 10.1 Å². The van der Waals surface area contributed by atoms with Crippen molar-refractivity contribution in [2.75, 3.05) is 12.4 Å². The van der Waals surface area contributed by atoms with Gasteiger partial charge in [-0.25, -0.2) is 0 Å². The van der Waals surface area contributed by atoms with Crippen LogP contribution < -0.4 is 4.74 Å². The second kappa shape index (κ2) is 8.49. The second-order valence-electron chi connectivity index (χ2n) is 3.57. The molecule has 0 saturated heterocycles. The van der Waals surface area contributed by atoms with E-state index in [1.807, 2.05) is 0 Å². The molecule has 0 aliphatic carbocycles. The maximum atomic E-state index is 10.7. The van der Waals surface area contributed by atoms with Crippen LogP contribution in [0.1, 0.15) is 12.8 Å². The minimum atomic E-state index is -3.95. The Kier molecular flexibility index (Phi) is 8.19. The van der Waals surface area contributed by atoms with Crippen LogP contribution in [0.5, 0.6) is 5.75 Å². The van der Waals surface area contributed by atoms with Crippen molar-refractivity contribution in [2.24, 2.45) is 0 Å². The van der Waals surface area contributed by atoms with Crippen molar-refractivity contribution in [1.82, 2.24) is 0 Å². The van der Waals surface area contributed by atoms with Crippen LogP contribution in [-0.4, -0.2) is 59.8 Å². The van der Waals surface area contributed by atoms with Crippen LogP contribution in [0.3, 0.4) is 0 Å². The van der Waals surface area contributed by atoms with Crippen LogP contribution in [0.2, 0.25) is 0 Å². The molecule has 19 heavy (non-hydrogen) atoms. The summed E-state index contributed by atoms with van der Waals surface area (Å²) < 4.78 is 34.6. The Morgan fingerprint density at radius 1 is 1.26 bits per heavy atom. The molecule has 0 saturated carbocycles. The van der Waals surface area contributed by atoms with Gasteiger partial charge in [0.2, 0.25) is 0 Å². The van der Waals surface area contributed by atoms with Gasteiger partial charge >= 0.3 is 35.2 Å². The Balaban J connectivity index is 0.00000324. The van der Waals surface area contributed by atoms with Crippen LogP contribution in [-0.2, 0) is 10.1 Å². The number of nitro groups is 1. The molecular formula is C10H14NNaO6S. The molecule has 0 unspecified atom stereocenters. The number of hydrogen-bond acceptors (Lipinski definition) is 5. The summed E-state index contributed by atoms with van der Waals surface area (Å²) in [5.41, 5.74) is -0.132. The number of hydrogen-bond donors (Lipinski definition) is 1. The fourth-order valence-corrected chi connectivity index (χ4v) is 1.87. The van der Waals surface area contributed by atoms with Crippen molar-refractivity contribution in [3.8, 4) is 5.75 Å². The molecule has 1 aromatic carbocycles. The zero-order chi connectivity index (χ0) is 13.6. The van der Waals surface area contributed by atoms with E-state index < -0.39 is 15.0 Å².